The molecule has 2 heterocycles. The molecule has 0 atom stereocenters. The number of halogens is 1. The van der Waals surface area contributed by atoms with Crippen LogP contribution in [-0.2, 0) is 0 Å². The first-order valence-corrected chi connectivity index (χ1v) is 5.14. The van der Waals surface area contributed by atoms with Gasteiger partial charge in [0.15, 0.2) is 0 Å². The van der Waals surface area contributed by atoms with Gasteiger partial charge in [-0.1, -0.05) is 11.6 Å². The van der Waals surface area contributed by atoms with Gasteiger partial charge >= 0.3 is 0 Å². The Balaban J connectivity index is 2.33. The lowest BCUT2D eigenvalue weighted by Gasteiger charge is -1.99. The van der Waals surface area contributed by atoms with Gasteiger partial charge in [-0.25, -0.2) is 9.97 Å². The molecule has 0 saturated carbocycles. The molecule has 0 aromatic carbocycles. The van der Waals surface area contributed by atoms with Crippen molar-refractivity contribution in [3.05, 3.63) is 40.3 Å². The summed E-state index contributed by atoms with van der Waals surface area (Å²) >= 11 is 6.96. The first-order valence-electron chi connectivity index (χ1n) is 3.94. The number of nitrogens with one attached hydrogen (secondary N) is 1. The standard InChI is InChI=1S/C8H5ClN4OS/c9-6-7(14)12-4-13-8(6)15-5-3-10-1-2-11-5/h1-4H,(H,12,13,14). The minimum Gasteiger partial charge on any atom is -0.312 e. The first kappa shape index (κ1) is 10.1. The maximum Gasteiger partial charge on any atom is 0.270 e. The third kappa shape index (κ3) is 2.34. The fourth-order valence-electron chi connectivity index (χ4n) is 0.875. The van der Waals surface area contributed by atoms with Gasteiger partial charge in [-0.2, -0.15) is 0 Å². The normalized spacial score (nSPS) is 10.2. The van der Waals surface area contributed by atoms with E-state index in [1.807, 2.05) is 0 Å². The van der Waals surface area contributed by atoms with Crippen LogP contribution in [0, 0.1) is 0 Å². The van der Waals surface area contributed by atoms with Crippen LogP contribution >= 0.6 is 23.4 Å². The highest BCUT2D eigenvalue weighted by molar-refractivity contribution is 7.99. The number of rotatable bonds is 2. The molecule has 0 spiro atoms. The second-order valence-corrected chi connectivity index (χ2v) is 3.88. The SMILES string of the molecule is O=c1[nH]cnc(Sc2cnccn2)c1Cl. The summed E-state index contributed by atoms with van der Waals surface area (Å²) in [6.45, 7) is 0. The molecule has 2 rings (SSSR count). The predicted octanol–water partition coefficient (Wildman–Crippen LogP) is 1.36. The van der Waals surface area contributed by atoms with Crippen LogP contribution in [0.3, 0.4) is 0 Å². The van der Waals surface area contributed by atoms with Crippen molar-refractivity contribution in [2.75, 3.05) is 0 Å². The van der Waals surface area contributed by atoms with E-state index >= 15 is 0 Å². The average Bonchev–Trinajstić information content (AvgIpc) is 2.26. The quantitative estimate of drug-likeness (QED) is 0.803. The summed E-state index contributed by atoms with van der Waals surface area (Å²) in [5, 5.41) is 1.12. The van der Waals surface area contributed by atoms with Crippen molar-refractivity contribution in [2.45, 2.75) is 10.1 Å². The molecule has 0 aliphatic carbocycles. The van der Waals surface area contributed by atoms with Crippen molar-refractivity contribution in [1.82, 2.24) is 19.9 Å². The van der Waals surface area contributed by atoms with Gasteiger partial charge in [0.1, 0.15) is 15.1 Å². The Morgan fingerprint density at radius 3 is 2.93 bits per heavy atom. The summed E-state index contributed by atoms with van der Waals surface area (Å²) < 4.78 is 0. The van der Waals surface area contributed by atoms with Crippen LogP contribution < -0.4 is 5.56 Å². The Morgan fingerprint density at radius 1 is 1.33 bits per heavy atom. The van der Waals surface area contributed by atoms with E-state index in [0.29, 0.717) is 10.1 Å². The number of nitrogens with zero attached hydrogens (tertiary/aromatic N) is 3. The Hall–Kier alpha value is -1.40. The molecule has 2 aromatic rings. The van der Waals surface area contributed by atoms with Crippen LogP contribution in [0.2, 0.25) is 5.02 Å². The first-order chi connectivity index (χ1) is 7.27. The smallest absolute Gasteiger partial charge is 0.270 e. The topological polar surface area (TPSA) is 71.5 Å². The van der Waals surface area contributed by atoms with Gasteiger partial charge in [-0.3, -0.25) is 9.78 Å². The van der Waals surface area contributed by atoms with E-state index in [2.05, 4.69) is 19.9 Å². The summed E-state index contributed by atoms with van der Waals surface area (Å²) in [6, 6.07) is 0. The molecule has 0 radical (unpaired) electrons. The summed E-state index contributed by atoms with van der Waals surface area (Å²) in [4.78, 5) is 25.4. The monoisotopic (exact) mass is 240 g/mol. The van der Waals surface area contributed by atoms with Gasteiger partial charge in [0.25, 0.3) is 5.56 Å². The van der Waals surface area contributed by atoms with E-state index in [0.717, 1.165) is 0 Å². The van der Waals surface area contributed by atoms with Gasteiger partial charge in [0, 0.05) is 12.4 Å². The van der Waals surface area contributed by atoms with E-state index in [1.165, 1.54) is 18.1 Å². The predicted molar refractivity (Wildman–Crippen MR) is 56.0 cm³/mol. The van der Waals surface area contributed by atoms with Crippen LogP contribution in [0.1, 0.15) is 0 Å². The van der Waals surface area contributed by atoms with Crippen molar-refractivity contribution in [2.24, 2.45) is 0 Å². The number of H-pyrrole nitrogens is 1. The Labute approximate surface area is 94.0 Å². The third-order valence-electron chi connectivity index (χ3n) is 1.51. The summed E-state index contributed by atoms with van der Waals surface area (Å²) in [5.74, 6) is 0. The molecule has 0 bridgehead atoms. The van der Waals surface area contributed by atoms with E-state index in [-0.39, 0.29) is 10.6 Å². The Bertz CT molecular complexity index is 516. The Kier molecular flexibility index (Phi) is 2.98. The van der Waals surface area contributed by atoms with Crippen molar-refractivity contribution in [1.29, 1.82) is 0 Å². The van der Waals surface area contributed by atoms with Crippen LogP contribution in [0.5, 0.6) is 0 Å². The van der Waals surface area contributed by atoms with Gasteiger partial charge < -0.3 is 4.98 Å². The molecule has 0 aliphatic rings. The summed E-state index contributed by atoms with van der Waals surface area (Å²) in [7, 11) is 0. The molecule has 76 valence electrons. The lowest BCUT2D eigenvalue weighted by atomic mass is 10.6. The van der Waals surface area contributed by atoms with Gasteiger partial charge in [0.2, 0.25) is 0 Å². The van der Waals surface area contributed by atoms with Crippen molar-refractivity contribution >= 4 is 23.4 Å². The Morgan fingerprint density at radius 2 is 2.20 bits per heavy atom. The molecule has 2 aromatic heterocycles. The van der Waals surface area contributed by atoms with Crippen molar-refractivity contribution in [3.8, 4) is 0 Å². The van der Waals surface area contributed by atoms with Crippen molar-refractivity contribution < 1.29 is 0 Å². The minimum atomic E-state index is -0.363. The van der Waals surface area contributed by atoms with Gasteiger partial charge in [0.05, 0.1) is 12.5 Å². The minimum absolute atomic E-state index is 0.0631. The second kappa shape index (κ2) is 4.41. The highest BCUT2D eigenvalue weighted by Gasteiger charge is 2.07. The van der Waals surface area contributed by atoms with Gasteiger partial charge in [-0.15, -0.1) is 0 Å². The number of hydrogen-bond acceptors (Lipinski definition) is 5. The van der Waals surface area contributed by atoms with Crippen LogP contribution in [-0.4, -0.2) is 19.9 Å². The fraction of sp³-hybridized carbons (Fsp3) is 0. The van der Waals surface area contributed by atoms with E-state index in [9.17, 15) is 4.79 Å². The lowest BCUT2D eigenvalue weighted by Crippen LogP contribution is -2.07. The largest absolute Gasteiger partial charge is 0.312 e. The number of hydrogen-bond donors (Lipinski definition) is 1. The van der Waals surface area contributed by atoms with E-state index in [1.54, 1.807) is 18.6 Å². The zero-order valence-corrected chi connectivity index (χ0v) is 8.92. The maximum atomic E-state index is 11.2. The molecular weight excluding hydrogens is 236 g/mol. The maximum absolute atomic E-state index is 11.2. The molecule has 7 heteroatoms. The van der Waals surface area contributed by atoms with E-state index in [4.69, 9.17) is 11.6 Å². The zero-order chi connectivity index (χ0) is 10.7. The molecular formula is C8H5ClN4OS. The van der Waals surface area contributed by atoms with Crippen LogP contribution in [0.25, 0.3) is 0 Å². The molecule has 15 heavy (non-hydrogen) atoms. The number of aromatic nitrogens is 4. The fourth-order valence-corrected chi connectivity index (χ4v) is 1.81. The molecule has 0 fully saturated rings. The molecule has 0 amide bonds. The van der Waals surface area contributed by atoms with Crippen LogP contribution in [0.4, 0.5) is 0 Å². The van der Waals surface area contributed by atoms with E-state index < -0.39 is 0 Å². The summed E-state index contributed by atoms with van der Waals surface area (Å²) in [5.41, 5.74) is -0.363. The highest BCUT2D eigenvalue weighted by atomic mass is 35.5. The lowest BCUT2D eigenvalue weighted by molar-refractivity contribution is 0.999. The summed E-state index contributed by atoms with van der Waals surface area (Å²) in [6.07, 6.45) is 6.00. The average molecular weight is 241 g/mol. The molecule has 0 saturated heterocycles. The molecule has 1 N–H and O–H groups in total. The molecule has 0 aliphatic heterocycles. The zero-order valence-electron chi connectivity index (χ0n) is 7.35. The van der Waals surface area contributed by atoms with Crippen molar-refractivity contribution in [3.63, 3.8) is 0 Å². The molecule has 5 nitrogen and oxygen atoms in total. The van der Waals surface area contributed by atoms with Gasteiger partial charge in [-0.05, 0) is 11.8 Å². The number of aromatic amines is 1. The highest BCUT2D eigenvalue weighted by Crippen LogP contribution is 2.26. The second-order valence-electron chi connectivity index (χ2n) is 2.50. The molecule has 0 unspecified atom stereocenters. The third-order valence-corrected chi connectivity index (χ3v) is 2.89. The van der Waals surface area contributed by atoms with Crippen LogP contribution in [0.15, 0.2) is 39.8 Å².